The molecule has 0 aromatic carbocycles. The van der Waals surface area contributed by atoms with Crippen molar-refractivity contribution in [2.24, 2.45) is 0 Å². The second-order valence-corrected chi connectivity index (χ2v) is 9.21. The van der Waals surface area contributed by atoms with E-state index in [1.807, 2.05) is 26.8 Å². The Bertz CT molecular complexity index is 564. The largest absolute Gasteiger partial charge is 0.455 e. The van der Waals surface area contributed by atoms with Crippen molar-refractivity contribution < 1.29 is 9.53 Å². The highest BCUT2D eigenvalue weighted by Gasteiger charge is 2.24. The lowest BCUT2D eigenvalue weighted by atomic mass is 10.1. The number of thiophene rings is 2. The van der Waals surface area contributed by atoms with E-state index in [9.17, 15) is 4.79 Å². The van der Waals surface area contributed by atoms with Gasteiger partial charge in [-0.25, -0.2) is 4.79 Å². The number of hydrogen-bond donors (Lipinski definition) is 0. The Morgan fingerprint density at radius 3 is 2.56 bits per heavy atom. The Kier molecular flexibility index (Phi) is 4.21. The molecule has 2 heterocycles. The summed E-state index contributed by atoms with van der Waals surface area (Å²) in [7, 11) is 0. The van der Waals surface area contributed by atoms with Crippen LogP contribution in [0.25, 0.3) is 10.1 Å². The van der Waals surface area contributed by atoms with Gasteiger partial charge in [-0.05, 0) is 58.2 Å². The van der Waals surface area contributed by atoms with Gasteiger partial charge in [-0.3, -0.25) is 0 Å². The molecule has 2 aromatic heterocycles. The fourth-order valence-electron chi connectivity index (χ4n) is 1.34. The van der Waals surface area contributed by atoms with Crippen LogP contribution in [0, 0.1) is 0 Å². The molecule has 0 saturated carbocycles. The molecule has 0 fully saturated rings. The Hall–Kier alpha value is 0.0900. The predicted molar refractivity (Wildman–Crippen MR) is 84.9 cm³/mol. The zero-order valence-corrected chi connectivity index (χ0v) is 15.0. The lowest BCUT2D eigenvalue weighted by Gasteiger charge is -2.22. The molecule has 0 aliphatic carbocycles. The van der Waals surface area contributed by atoms with Gasteiger partial charge in [-0.2, -0.15) is 0 Å². The zero-order chi connectivity index (χ0) is 13.5. The molecule has 0 amide bonds. The summed E-state index contributed by atoms with van der Waals surface area (Å²) in [6.07, 6.45) is 0.797. The average molecular weight is 412 g/mol. The van der Waals surface area contributed by atoms with Crippen LogP contribution in [0.2, 0.25) is 0 Å². The first-order chi connectivity index (χ1) is 8.34. The highest BCUT2D eigenvalue weighted by atomic mass is 79.9. The molecular formula is C12H12Br2O2S2. The van der Waals surface area contributed by atoms with E-state index in [1.165, 1.54) is 11.3 Å². The van der Waals surface area contributed by atoms with Crippen molar-refractivity contribution in [1.29, 1.82) is 0 Å². The molecule has 18 heavy (non-hydrogen) atoms. The number of fused-ring (bicyclic) bond motifs is 1. The van der Waals surface area contributed by atoms with Crippen LogP contribution in [0.3, 0.4) is 0 Å². The normalized spacial score (nSPS) is 12.1. The van der Waals surface area contributed by atoms with Gasteiger partial charge in [0, 0.05) is 5.39 Å². The van der Waals surface area contributed by atoms with Crippen LogP contribution in [0.15, 0.2) is 13.6 Å². The van der Waals surface area contributed by atoms with Crippen molar-refractivity contribution in [1.82, 2.24) is 0 Å². The molecule has 2 nitrogen and oxygen atoms in total. The van der Waals surface area contributed by atoms with E-state index in [0.717, 1.165) is 24.1 Å². The topological polar surface area (TPSA) is 26.3 Å². The second-order valence-electron chi connectivity index (χ2n) is 4.51. The number of halogens is 2. The van der Waals surface area contributed by atoms with Gasteiger partial charge in [0.1, 0.15) is 10.5 Å². The molecule has 2 aromatic rings. The molecule has 6 heteroatoms. The highest BCUT2D eigenvalue weighted by molar-refractivity contribution is 9.12. The van der Waals surface area contributed by atoms with Crippen LogP contribution in [0.5, 0.6) is 0 Å². The number of carbonyl (C=O) groups is 1. The van der Waals surface area contributed by atoms with Crippen LogP contribution < -0.4 is 0 Å². The van der Waals surface area contributed by atoms with Gasteiger partial charge in [-0.1, -0.05) is 6.92 Å². The molecule has 0 aliphatic rings. The summed E-state index contributed by atoms with van der Waals surface area (Å²) in [4.78, 5) is 12.7. The van der Waals surface area contributed by atoms with E-state index in [-0.39, 0.29) is 5.97 Å². The lowest BCUT2D eigenvalue weighted by Crippen LogP contribution is -2.26. The van der Waals surface area contributed by atoms with E-state index in [1.54, 1.807) is 11.3 Å². The smallest absolute Gasteiger partial charge is 0.348 e. The van der Waals surface area contributed by atoms with Gasteiger partial charge in [0.2, 0.25) is 0 Å². The third-order valence-electron chi connectivity index (χ3n) is 2.72. The molecule has 0 spiro atoms. The van der Waals surface area contributed by atoms with Crippen LogP contribution in [-0.4, -0.2) is 11.6 Å². The molecule has 0 aliphatic heterocycles. The standard InChI is InChI=1S/C12H12Br2O2S2/c1-4-12(2,3)16-11(15)7-5-6-8(17-7)10(14)18-9(6)13/h5H,4H2,1-3H3. The maximum absolute atomic E-state index is 12.1. The summed E-state index contributed by atoms with van der Waals surface area (Å²) in [5.41, 5.74) is -0.415. The third-order valence-corrected chi connectivity index (χ3v) is 6.82. The van der Waals surface area contributed by atoms with E-state index in [0.29, 0.717) is 4.88 Å². The van der Waals surface area contributed by atoms with Crippen LogP contribution in [-0.2, 0) is 4.74 Å². The molecule has 0 saturated heterocycles. The first kappa shape index (κ1) is 14.5. The minimum absolute atomic E-state index is 0.244. The second kappa shape index (κ2) is 5.23. The Labute approximate surface area is 131 Å². The van der Waals surface area contributed by atoms with E-state index in [4.69, 9.17) is 4.74 Å². The number of hydrogen-bond acceptors (Lipinski definition) is 4. The van der Waals surface area contributed by atoms with Gasteiger partial charge >= 0.3 is 5.97 Å². The summed E-state index contributed by atoms with van der Waals surface area (Å²) >= 11 is 10.1. The minimum atomic E-state index is -0.415. The Morgan fingerprint density at radius 1 is 1.33 bits per heavy atom. The van der Waals surface area contributed by atoms with Crippen molar-refractivity contribution in [2.45, 2.75) is 32.8 Å². The highest BCUT2D eigenvalue weighted by Crippen LogP contribution is 2.43. The predicted octanol–water partition coefficient (Wildman–Crippen LogP) is 5.83. The fraction of sp³-hybridized carbons (Fsp3) is 0.417. The van der Waals surface area contributed by atoms with Crippen molar-refractivity contribution in [3.05, 3.63) is 18.5 Å². The van der Waals surface area contributed by atoms with Crippen molar-refractivity contribution in [3.63, 3.8) is 0 Å². The number of esters is 1. The maximum Gasteiger partial charge on any atom is 0.348 e. The summed E-state index contributed by atoms with van der Waals surface area (Å²) in [6, 6.07) is 1.89. The van der Waals surface area contributed by atoms with Crippen LogP contribution in [0.4, 0.5) is 0 Å². The van der Waals surface area contributed by atoms with E-state index < -0.39 is 5.60 Å². The lowest BCUT2D eigenvalue weighted by molar-refractivity contribution is -0.00187. The number of rotatable bonds is 3. The summed E-state index contributed by atoms with van der Waals surface area (Å²) < 4.78 is 8.67. The van der Waals surface area contributed by atoms with Gasteiger partial charge in [0.15, 0.2) is 0 Å². The third kappa shape index (κ3) is 2.81. The molecule has 0 unspecified atom stereocenters. The molecule has 2 rings (SSSR count). The summed E-state index contributed by atoms with van der Waals surface area (Å²) in [6.45, 7) is 5.85. The first-order valence-electron chi connectivity index (χ1n) is 5.44. The number of carbonyl (C=O) groups excluding carboxylic acids is 1. The number of ether oxygens (including phenoxy) is 1. The average Bonchev–Trinajstić information content (AvgIpc) is 2.82. The molecule has 0 atom stereocenters. The Morgan fingerprint density at radius 2 is 2.00 bits per heavy atom. The molecule has 0 N–H and O–H groups in total. The van der Waals surface area contributed by atoms with Crippen molar-refractivity contribution in [2.75, 3.05) is 0 Å². The quantitative estimate of drug-likeness (QED) is 0.593. The summed E-state index contributed by atoms with van der Waals surface area (Å²) in [5, 5.41) is 1.07. The first-order valence-corrected chi connectivity index (χ1v) is 8.66. The van der Waals surface area contributed by atoms with Crippen LogP contribution in [0.1, 0.15) is 36.9 Å². The minimum Gasteiger partial charge on any atom is -0.455 e. The Balaban J connectivity index is 2.32. The maximum atomic E-state index is 12.1. The van der Waals surface area contributed by atoms with E-state index in [2.05, 4.69) is 31.9 Å². The molecule has 0 bridgehead atoms. The van der Waals surface area contributed by atoms with E-state index >= 15 is 0 Å². The fourth-order valence-corrected chi connectivity index (χ4v) is 5.68. The SMILES string of the molecule is CCC(C)(C)OC(=O)c1cc2c(Br)sc(Br)c2s1. The monoisotopic (exact) mass is 410 g/mol. The van der Waals surface area contributed by atoms with Crippen molar-refractivity contribution in [3.8, 4) is 0 Å². The van der Waals surface area contributed by atoms with Gasteiger partial charge in [-0.15, -0.1) is 22.7 Å². The zero-order valence-electron chi connectivity index (χ0n) is 10.2. The molecule has 98 valence electrons. The molecule has 0 radical (unpaired) electrons. The van der Waals surface area contributed by atoms with Crippen molar-refractivity contribution >= 4 is 70.6 Å². The molecular weight excluding hydrogens is 400 g/mol. The van der Waals surface area contributed by atoms with Crippen LogP contribution >= 0.6 is 54.5 Å². The van der Waals surface area contributed by atoms with Gasteiger partial charge < -0.3 is 4.74 Å². The van der Waals surface area contributed by atoms with Gasteiger partial charge in [0.05, 0.1) is 12.3 Å². The summed E-state index contributed by atoms with van der Waals surface area (Å²) in [5.74, 6) is -0.244. The van der Waals surface area contributed by atoms with Gasteiger partial charge in [0.25, 0.3) is 0 Å².